The fourth-order valence-corrected chi connectivity index (χ4v) is 2.98. The summed E-state index contributed by atoms with van der Waals surface area (Å²) in [7, 11) is 4.44. The van der Waals surface area contributed by atoms with Crippen molar-refractivity contribution in [3.63, 3.8) is 0 Å². The third-order valence-corrected chi connectivity index (χ3v) is 4.38. The SMILES string of the molecule is CCCNC(c1ccc(Cl)cc1)C1CN(C)CCN1C. The molecule has 2 unspecified atom stereocenters. The maximum Gasteiger partial charge on any atom is 0.0490 e. The van der Waals surface area contributed by atoms with E-state index < -0.39 is 0 Å². The summed E-state index contributed by atoms with van der Waals surface area (Å²) >= 11 is 6.02. The second-order valence-corrected chi connectivity index (χ2v) is 6.23. The molecule has 4 heteroatoms. The lowest BCUT2D eigenvalue weighted by molar-refractivity contribution is 0.0876. The molecule has 1 N–H and O–H groups in total. The quantitative estimate of drug-likeness (QED) is 0.901. The Kier molecular flexibility index (Phi) is 5.85. The van der Waals surface area contributed by atoms with Gasteiger partial charge in [-0.15, -0.1) is 0 Å². The largest absolute Gasteiger partial charge is 0.309 e. The zero-order valence-corrected chi connectivity index (χ0v) is 13.5. The monoisotopic (exact) mass is 295 g/mol. The lowest BCUT2D eigenvalue weighted by atomic mass is 9.96. The summed E-state index contributed by atoms with van der Waals surface area (Å²) in [6.07, 6.45) is 1.15. The number of hydrogen-bond donors (Lipinski definition) is 1. The van der Waals surface area contributed by atoms with Gasteiger partial charge in [0.2, 0.25) is 0 Å². The Balaban J connectivity index is 2.19. The lowest BCUT2D eigenvalue weighted by Crippen LogP contribution is -2.55. The molecule has 1 aromatic rings. The summed E-state index contributed by atoms with van der Waals surface area (Å²) in [6.45, 7) is 6.62. The number of hydrogen-bond acceptors (Lipinski definition) is 3. The molecule has 112 valence electrons. The molecule has 20 heavy (non-hydrogen) atoms. The number of nitrogens with zero attached hydrogens (tertiary/aromatic N) is 2. The first-order chi connectivity index (χ1) is 9.61. The summed E-state index contributed by atoms with van der Waals surface area (Å²) in [5, 5.41) is 4.52. The van der Waals surface area contributed by atoms with Crippen molar-refractivity contribution in [3.8, 4) is 0 Å². The maximum atomic E-state index is 6.02. The fraction of sp³-hybridized carbons (Fsp3) is 0.625. The van der Waals surface area contributed by atoms with Crippen LogP contribution in [0.1, 0.15) is 24.9 Å². The lowest BCUT2D eigenvalue weighted by Gasteiger charge is -2.42. The molecular weight excluding hydrogens is 270 g/mol. The Morgan fingerprint density at radius 1 is 1.25 bits per heavy atom. The molecule has 0 aliphatic carbocycles. The van der Waals surface area contributed by atoms with Crippen LogP contribution < -0.4 is 5.32 Å². The Hall–Kier alpha value is -0.610. The smallest absolute Gasteiger partial charge is 0.0490 e. The summed E-state index contributed by atoms with van der Waals surface area (Å²) in [4.78, 5) is 4.89. The minimum absolute atomic E-state index is 0.361. The second kappa shape index (κ2) is 7.41. The molecule has 0 aromatic heterocycles. The van der Waals surface area contributed by atoms with Gasteiger partial charge in [-0.05, 0) is 44.8 Å². The van der Waals surface area contributed by atoms with Gasteiger partial charge in [0.15, 0.2) is 0 Å². The predicted octanol–water partition coefficient (Wildman–Crippen LogP) is 2.63. The molecule has 0 amide bonds. The van der Waals surface area contributed by atoms with Crippen molar-refractivity contribution in [2.45, 2.75) is 25.4 Å². The first-order valence-electron chi connectivity index (χ1n) is 7.49. The van der Waals surface area contributed by atoms with Gasteiger partial charge in [0, 0.05) is 36.7 Å². The second-order valence-electron chi connectivity index (χ2n) is 5.79. The van der Waals surface area contributed by atoms with Crippen LogP contribution in [0.3, 0.4) is 0 Å². The van der Waals surface area contributed by atoms with Gasteiger partial charge in [0.1, 0.15) is 0 Å². The molecule has 0 spiro atoms. The number of nitrogens with one attached hydrogen (secondary N) is 1. The third kappa shape index (κ3) is 3.95. The topological polar surface area (TPSA) is 18.5 Å². The Bertz CT molecular complexity index is 407. The Morgan fingerprint density at radius 3 is 2.60 bits per heavy atom. The van der Waals surface area contributed by atoms with Gasteiger partial charge < -0.3 is 10.2 Å². The van der Waals surface area contributed by atoms with Crippen molar-refractivity contribution in [1.82, 2.24) is 15.1 Å². The molecule has 1 fully saturated rings. The molecule has 0 bridgehead atoms. The average molecular weight is 296 g/mol. The highest BCUT2D eigenvalue weighted by atomic mass is 35.5. The Labute approximate surface area is 127 Å². The standard InChI is InChI=1S/C16H26ClN3/c1-4-9-18-16(13-5-7-14(17)8-6-13)15-12-19(2)10-11-20(15)3/h5-8,15-16,18H,4,9-12H2,1-3H3. The molecule has 1 saturated heterocycles. The maximum absolute atomic E-state index is 6.02. The van der Waals surface area contributed by atoms with E-state index in [2.05, 4.69) is 48.3 Å². The highest BCUT2D eigenvalue weighted by Gasteiger charge is 2.30. The first-order valence-corrected chi connectivity index (χ1v) is 7.87. The van der Waals surface area contributed by atoms with Gasteiger partial charge in [-0.25, -0.2) is 0 Å². The van der Waals surface area contributed by atoms with E-state index in [1.54, 1.807) is 0 Å². The van der Waals surface area contributed by atoms with E-state index in [4.69, 9.17) is 11.6 Å². The van der Waals surface area contributed by atoms with Crippen molar-refractivity contribution < 1.29 is 0 Å². The van der Waals surface area contributed by atoms with Crippen molar-refractivity contribution in [2.75, 3.05) is 40.3 Å². The van der Waals surface area contributed by atoms with Gasteiger partial charge in [-0.3, -0.25) is 4.90 Å². The summed E-state index contributed by atoms with van der Waals surface area (Å²) < 4.78 is 0. The van der Waals surface area contributed by atoms with Crippen LogP contribution in [-0.2, 0) is 0 Å². The number of halogens is 1. The molecule has 1 aromatic carbocycles. The van der Waals surface area contributed by atoms with Crippen LogP contribution >= 0.6 is 11.6 Å². The van der Waals surface area contributed by atoms with Crippen molar-refractivity contribution in [1.29, 1.82) is 0 Å². The van der Waals surface area contributed by atoms with Gasteiger partial charge in [-0.2, -0.15) is 0 Å². The van der Waals surface area contributed by atoms with Crippen LogP contribution in [0.5, 0.6) is 0 Å². The van der Waals surface area contributed by atoms with Crippen LogP contribution in [0.4, 0.5) is 0 Å². The highest BCUT2D eigenvalue weighted by Crippen LogP contribution is 2.24. The summed E-state index contributed by atoms with van der Waals surface area (Å²) in [5.74, 6) is 0. The molecule has 1 aliphatic rings. The van der Waals surface area contributed by atoms with E-state index in [0.717, 1.165) is 37.6 Å². The zero-order chi connectivity index (χ0) is 14.5. The number of benzene rings is 1. The summed E-state index contributed by atoms with van der Waals surface area (Å²) in [5.41, 5.74) is 1.33. The number of rotatable bonds is 5. The van der Waals surface area contributed by atoms with E-state index in [-0.39, 0.29) is 0 Å². The molecule has 2 atom stereocenters. The fourth-order valence-electron chi connectivity index (χ4n) is 2.85. The molecule has 0 saturated carbocycles. The first kappa shape index (κ1) is 15.8. The van der Waals surface area contributed by atoms with Crippen LogP contribution in [0, 0.1) is 0 Å². The van der Waals surface area contributed by atoms with Crippen molar-refractivity contribution in [3.05, 3.63) is 34.9 Å². The van der Waals surface area contributed by atoms with Crippen LogP contribution in [-0.4, -0.2) is 56.1 Å². The number of likely N-dealkylation sites (N-methyl/N-ethyl adjacent to an activating group) is 2. The van der Waals surface area contributed by atoms with E-state index >= 15 is 0 Å². The molecule has 2 rings (SSSR count). The van der Waals surface area contributed by atoms with E-state index in [9.17, 15) is 0 Å². The van der Waals surface area contributed by atoms with Gasteiger partial charge in [-0.1, -0.05) is 30.7 Å². The summed E-state index contributed by atoms with van der Waals surface area (Å²) in [6, 6.07) is 9.14. The van der Waals surface area contributed by atoms with Gasteiger partial charge in [0.25, 0.3) is 0 Å². The van der Waals surface area contributed by atoms with Crippen LogP contribution in [0.25, 0.3) is 0 Å². The molecule has 1 aliphatic heterocycles. The van der Waals surface area contributed by atoms with Crippen LogP contribution in [0.15, 0.2) is 24.3 Å². The normalized spacial score (nSPS) is 22.9. The average Bonchev–Trinajstić information content (AvgIpc) is 2.44. The van der Waals surface area contributed by atoms with E-state index in [0.29, 0.717) is 12.1 Å². The van der Waals surface area contributed by atoms with E-state index in [1.807, 2.05) is 12.1 Å². The zero-order valence-electron chi connectivity index (χ0n) is 12.8. The number of piperazine rings is 1. The van der Waals surface area contributed by atoms with Gasteiger partial charge >= 0.3 is 0 Å². The predicted molar refractivity (Wildman–Crippen MR) is 86.4 cm³/mol. The third-order valence-electron chi connectivity index (χ3n) is 4.13. The Morgan fingerprint density at radius 2 is 1.95 bits per heavy atom. The van der Waals surface area contributed by atoms with Crippen molar-refractivity contribution in [2.24, 2.45) is 0 Å². The van der Waals surface area contributed by atoms with Crippen LogP contribution in [0.2, 0.25) is 5.02 Å². The highest BCUT2D eigenvalue weighted by molar-refractivity contribution is 6.30. The molecule has 0 radical (unpaired) electrons. The minimum atomic E-state index is 0.361. The minimum Gasteiger partial charge on any atom is -0.309 e. The molecule has 3 nitrogen and oxygen atoms in total. The van der Waals surface area contributed by atoms with E-state index in [1.165, 1.54) is 5.56 Å². The molecule has 1 heterocycles. The van der Waals surface area contributed by atoms with Crippen molar-refractivity contribution >= 4 is 11.6 Å². The molecular formula is C16H26ClN3. The van der Waals surface area contributed by atoms with Gasteiger partial charge in [0.05, 0.1) is 0 Å².